The van der Waals surface area contributed by atoms with E-state index in [2.05, 4.69) is 15.9 Å². The number of methoxy groups -OCH3 is 1. The van der Waals surface area contributed by atoms with Crippen molar-refractivity contribution in [1.82, 2.24) is 0 Å². The summed E-state index contributed by atoms with van der Waals surface area (Å²) in [4.78, 5) is 27.4. The number of benzene rings is 3. The molecule has 0 aliphatic carbocycles. The first kappa shape index (κ1) is 22.0. The second kappa shape index (κ2) is 8.76. The Hall–Kier alpha value is -3.16. The zero-order chi connectivity index (χ0) is 23.0. The number of anilines is 1. The first-order chi connectivity index (χ1) is 15.3. The zero-order valence-corrected chi connectivity index (χ0v) is 19.0. The Morgan fingerprint density at radius 2 is 1.72 bits per heavy atom. The molecular formula is C24H16BrClFNO4. The monoisotopic (exact) mass is 515 g/mol. The molecule has 8 heteroatoms. The maximum absolute atomic E-state index is 13.8. The largest absolute Gasteiger partial charge is 0.507 e. The van der Waals surface area contributed by atoms with E-state index in [-0.39, 0.29) is 22.0 Å². The Kier molecular flexibility index (Phi) is 6.04. The number of carbonyl (C=O) groups is 2. The van der Waals surface area contributed by atoms with E-state index in [9.17, 15) is 19.1 Å². The van der Waals surface area contributed by atoms with Crippen LogP contribution in [0.15, 0.2) is 76.8 Å². The number of hydrogen-bond acceptors (Lipinski definition) is 4. The van der Waals surface area contributed by atoms with E-state index in [0.717, 1.165) is 10.5 Å². The Morgan fingerprint density at radius 3 is 2.31 bits per heavy atom. The summed E-state index contributed by atoms with van der Waals surface area (Å²) >= 11 is 9.27. The van der Waals surface area contributed by atoms with Crippen LogP contribution in [0.4, 0.5) is 10.1 Å². The van der Waals surface area contributed by atoms with Crippen LogP contribution < -0.4 is 9.64 Å². The van der Waals surface area contributed by atoms with Crippen molar-refractivity contribution in [2.75, 3.05) is 12.0 Å². The van der Waals surface area contributed by atoms with Gasteiger partial charge in [-0.25, -0.2) is 4.39 Å². The summed E-state index contributed by atoms with van der Waals surface area (Å²) in [6, 6.07) is 16.3. The molecule has 162 valence electrons. The van der Waals surface area contributed by atoms with Crippen molar-refractivity contribution >= 4 is 50.7 Å². The minimum absolute atomic E-state index is 0.0806. The Balaban J connectivity index is 1.94. The lowest BCUT2D eigenvalue weighted by atomic mass is 9.95. The van der Waals surface area contributed by atoms with Crippen LogP contribution in [-0.4, -0.2) is 23.9 Å². The molecular weight excluding hydrogens is 501 g/mol. The molecule has 1 amide bonds. The number of ether oxygens (including phenoxy) is 1. The first-order valence-electron chi connectivity index (χ1n) is 9.47. The summed E-state index contributed by atoms with van der Waals surface area (Å²) in [5.41, 5.74) is 1.09. The molecule has 3 aromatic carbocycles. The van der Waals surface area contributed by atoms with Gasteiger partial charge in [0.05, 0.1) is 23.7 Å². The van der Waals surface area contributed by atoms with Crippen molar-refractivity contribution < 1.29 is 23.8 Å². The van der Waals surface area contributed by atoms with Crippen LogP contribution in [0.5, 0.6) is 5.75 Å². The lowest BCUT2D eigenvalue weighted by molar-refractivity contribution is -0.132. The van der Waals surface area contributed by atoms with Crippen molar-refractivity contribution in [3.05, 3.63) is 98.7 Å². The second-order valence-corrected chi connectivity index (χ2v) is 8.37. The van der Waals surface area contributed by atoms with E-state index in [1.807, 2.05) is 0 Å². The summed E-state index contributed by atoms with van der Waals surface area (Å²) < 4.78 is 19.7. The van der Waals surface area contributed by atoms with E-state index in [4.69, 9.17) is 16.3 Å². The highest BCUT2D eigenvalue weighted by Gasteiger charge is 2.47. The quantitative estimate of drug-likeness (QED) is 0.267. The summed E-state index contributed by atoms with van der Waals surface area (Å²) in [7, 11) is 1.52. The molecule has 1 aliphatic rings. The zero-order valence-electron chi connectivity index (χ0n) is 16.7. The fourth-order valence-electron chi connectivity index (χ4n) is 3.60. The molecule has 1 unspecified atom stereocenters. The minimum Gasteiger partial charge on any atom is -0.507 e. The standard InChI is InChI=1S/C24H16BrClFNO4/c1-32-17-9-4-13(5-10-17)21-20(22(29)14-2-6-15(25)7-3-14)23(30)24(31)28(21)16-8-11-19(27)18(26)12-16/h2-12,21,29H,1H3/b22-20+. The highest BCUT2D eigenvalue weighted by Crippen LogP contribution is 2.43. The predicted molar refractivity (Wildman–Crippen MR) is 123 cm³/mol. The number of ketones is 1. The van der Waals surface area contributed by atoms with Crippen LogP contribution >= 0.6 is 27.5 Å². The number of amides is 1. The maximum Gasteiger partial charge on any atom is 0.300 e. The topological polar surface area (TPSA) is 66.8 Å². The second-order valence-electron chi connectivity index (χ2n) is 7.05. The molecule has 1 aliphatic heterocycles. The molecule has 1 heterocycles. The number of rotatable bonds is 4. The molecule has 0 saturated carbocycles. The molecule has 1 fully saturated rings. The van der Waals surface area contributed by atoms with E-state index >= 15 is 0 Å². The van der Waals surface area contributed by atoms with Gasteiger partial charge >= 0.3 is 0 Å². The van der Waals surface area contributed by atoms with Gasteiger partial charge in [0.1, 0.15) is 17.3 Å². The third kappa shape index (κ3) is 3.89. The highest BCUT2D eigenvalue weighted by atomic mass is 79.9. The van der Waals surface area contributed by atoms with Crippen molar-refractivity contribution in [3.63, 3.8) is 0 Å². The molecule has 5 nitrogen and oxygen atoms in total. The number of halogens is 3. The van der Waals surface area contributed by atoms with Gasteiger partial charge in [-0.15, -0.1) is 0 Å². The number of nitrogens with zero attached hydrogens (tertiary/aromatic N) is 1. The SMILES string of the molecule is COc1ccc(C2/C(=C(\O)c3ccc(Br)cc3)C(=O)C(=O)N2c2ccc(F)c(Cl)c2)cc1. The molecule has 1 atom stereocenters. The van der Waals surface area contributed by atoms with Gasteiger partial charge in [-0.1, -0.05) is 51.8 Å². The summed E-state index contributed by atoms with van der Waals surface area (Å²) in [6.07, 6.45) is 0. The van der Waals surface area contributed by atoms with Gasteiger partial charge in [0.15, 0.2) is 0 Å². The molecule has 32 heavy (non-hydrogen) atoms. The minimum atomic E-state index is -0.953. The molecule has 0 radical (unpaired) electrons. The van der Waals surface area contributed by atoms with Crippen LogP contribution in [0.3, 0.4) is 0 Å². The molecule has 0 bridgehead atoms. The van der Waals surface area contributed by atoms with Crippen molar-refractivity contribution in [2.24, 2.45) is 0 Å². The van der Waals surface area contributed by atoms with Gasteiger partial charge in [-0.05, 0) is 48.0 Å². The highest BCUT2D eigenvalue weighted by molar-refractivity contribution is 9.10. The maximum atomic E-state index is 13.8. The van der Waals surface area contributed by atoms with Gasteiger partial charge in [0.25, 0.3) is 11.7 Å². The summed E-state index contributed by atoms with van der Waals surface area (Å²) in [5.74, 6) is -2.09. The van der Waals surface area contributed by atoms with Gasteiger partial charge in [-0.2, -0.15) is 0 Å². The van der Waals surface area contributed by atoms with Crippen LogP contribution in [0.25, 0.3) is 5.76 Å². The molecule has 4 rings (SSSR count). The average molecular weight is 517 g/mol. The normalized spacial score (nSPS) is 17.6. The van der Waals surface area contributed by atoms with Crippen molar-refractivity contribution in [1.29, 1.82) is 0 Å². The van der Waals surface area contributed by atoms with Gasteiger partial charge < -0.3 is 9.84 Å². The number of carbonyl (C=O) groups excluding carboxylic acids is 2. The molecule has 3 aromatic rings. The molecule has 1 saturated heterocycles. The van der Waals surface area contributed by atoms with Gasteiger partial charge in [0, 0.05) is 15.7 Å². The fraction of sp³-hybridized carbons (Fsp3) is 0.0833. The van der Waals surface area contributed by atoms with Crippen molar-refractivity contribution in [3.8, 4) is 5.75 Å². The van der Waals surface area contributed by atoms with Gasteiger partial charge in [-0.3, -0.25) is 14.5 Å². The Morgan fingerprint density at radius 1 is 1.06 bits per heavy atom. The Labute approximate surface area is 196 Å². The number of aliphatic hydroxyl groups excluding tert-OH is 1. The van der Waals surface area contributed by atoms with Crippen LogP contribution in [0.2, 0.25) is 5.02 Å². The van der Waals surface area contributed by atoms with Crippen molar-refractivity contribution in [2.45, 2.75) is 6.04 Å². The third-order valence-corrected chi connectivity index (χ3v) is 5.99. The molecule has 0 spiro atoms. The number of Topliss-reactive ketones (excluding diaryl/α,β-unsaturated/α-hetero) is 1. The lowest BCUT2D eigenvalue weighted by Gasteiger charge is -2.25. The molecule has 0 aromatic heterocycles. The van der Waals surface area contributed by atoms with E-state index in [1.165, 1.54) is 24.1 Å². The van der Waals surface area contributed by atoms with Crippen LogP contribution in [-0.2, 0) is 9.59 Å². The van der Waals surface area contributed by atoms with Crippen LogP contribution in [0.1, 0.15) is 17.2 Å². The molecule has 1 N–H and O–H groups in total. The van der Waals surface area contributed by atoms with E-state index in [1.54, 1.807) is 48.5 Å². The third-order valence-electron chi connectivity index (χ3n) is 5.17. The van der Waals surface area contributed by atoms with Gasteiger partial charge in [0.2, 0.25) is 0 Å². The smallest absolute Gasteiger partial charge is 0.300 e. The van der Waals surface area contributed by atoms with E-state index in [0.29, 0.717) is 16.9 Å². The number of aliphatic hydroxyl groups is 1. The predicted octanol–water partition coefficient (Wildman–Crippen LogP) is 5.88. The number of hydrogen-bond donors (Lipinski definition) is 1. The fourth-order valence-corrected chi connectivity index (χ4v) is 4.04. The summed E-state index contributed by atoms with van der Waals surface area (Å²) in [5, 5.41) is 10.9. The average Bonchev–Trinajstić information content (AvgIpc) is 3.06. The Bertz CT molecular complexity index is 1240. The lowest BCUT2D eigenvalue weighted by Crippen LogP contribution is -2.29. The first-order valence-corrected chi connectivity index (χ1v) is 10.6. The summed E-state index contributed by atoms with van der Waals surface area (Å²) in [6.45, 7) is 0. The van der Waals surface area contributed by atoms with E-state index < -0.39 is 23.5 Å². The van der Waals surface area contributed by atoms with Crippen LogP contribution in [0, 0.1) is 5.82 Å².